The highest BCUT2D eigenvalue weighted by Gasteiger charge is 2.14. The van der Waals surface area contributed by atoms with Crippen LogP contribution in [0.5, 0.6) is 5.88 Å². The Labute approximate surface area is 112 Å². The van der Waals surface area contributed by atoms with E-state index in [9.17, 15) is 9.90 Å². The summed E-state index contributed by atoms with van der Waals surface area (Å²) in [5, 5.41) is 12.7. The molecule has 0 atom stereocenters. The van der Waals surface area contributed by atoms with E-state index in [4.69, 9.17) is 5.73 Å². The first-order chi connectivity index (χ1) is 8.63. The van der Waals surface area contributed by atoms with Crippen molar-refractivity contribution in [1.29, 1.82) is 0 Å². The highest BCUT2D eigenvalue weighted by molar-refractivity contribution is 9.10. The van der Waals surface area contributed by atoms with Crippen molar-refractivity contribution in [2.75, 3.05) is 6.54 Å². The molecule has 2 aromatic rings. The summed E-state index contributed by atoms with van der Waals surface area (Å²) in [5.41, 5.74) is 6.20. The Morgan fingerprint density at radius 2 is 2.22 bits per heavy atom. The summed E-state index contributed by atoms with van der Waals surface area (Å²) in [7, 11) is 0. The maximum Gasteiger partial charge on any atom is 0.271 e. The molecule has 0 fully saturated rings. The van der Waals surface area contributed by atoms with Crippen molar-refractivity contribution in [3.05, 3.63) is 44.7 Å². The topological polar surface area (TPSA) is 84.0 Å². The number of halogens is 1. The average molecular weight is 312 g/mol. The summed E-state index contributed by atoms with van der Waals surface area (Å²) < 4.78 is 2.25. The zero-order valence-electron chi connectivity index (χ0n) is 9.69. The Morgan fingerprint density at radius 1 is 1.44 bits per heavy atom. The lowest BCUT2D eigenvalue weighted by molar-refractivity contribution is 0.427. The average Bonchev–Trinajstić information content (AvgIpc) is 2.63. The predicted octanol–water partition coefficient (Wildman–Crippen LogP) is 1.53. The van der Waals surface area contributed by atoms with Gasteiger partial charge in [-0.2, -0.15) is 0 Å². The Morgan fingerprint density at radius 3 is 2.89 bits per heavy atom. The van der Waals surface area contributed by atoms with Crippen LogP contribution < -0.4 is 11.3 Å². The molecular formula is C12H14BrN3O2. The molecule has 0 aliphatic heterocycles. The predicted molar refractivity (Wildman–Crippen MR) is 73.1 cm³/mol. The SMILES string of the molecule is NCCCc1c(O)n(-c2cccc(Br)c2)[nH]c1=O. The molecule has 0 radical (unpaired) electrons. The van der Waals surface area contributed by atoms with E-state index in [0.717, 1.165) is 4.47 Å². The first-order valence-electron chi connectivity index (χ1n) is 5.62. The molecule has 18 heavy (non-hydrogen) atoms. The van der Waals surface area contributed by atoms with Gasteiger partial charge in [-0.1, -0.05) is 22.0 Å². The minimum atomic E-state index is -0.277. The first kappa shape index (κ1) is 12.9. The van der Waals surface area contributed by atoms with Gasteiger partial charge in [0.05, 0.1) is 11.3 Å². The van der Waals surface area contributed by atoms with Crippen molar-refractivity contribution < 1.29 is 5.11 Å². The molecule has 1 aromatic heterocycles. The van der Waals surface area contributed by atoms with Crippen LogP contribution in [-0.2, 0) is 6.42 Å². The van der Waals surface area contributed by atoms with Gasteiger partial charge in [-0.3, -0.25) is 9.89 Å². The molecule has 96 valence electrons. The van der Waals surface area contributed by atoms with Crippen molar-refractivity contribution in [2.45, 2.75) is 12.8 Å². The number of rotatable bonds is 4. The lowest BCUT2D eigenvalue weighted by atomic mass is 10.2. The van der Waals surface area contributed by atoms with E-state index in [1.54, 1.807) is 6.07 Å². The van der Waals surface area contributed by atoms with Crippen molar-refractivity contribution in [3.63, 3.8) is 0 Å². The van der Waals surface area contributed by atoms with E-state index >= 15 is 0 Å². The second-order valence-electron chi connectivity index (χ2n) is 3.95. The van der Waals surface area contributed by atoms with Crippen LogP contribution in [0, 0.1) is 0 Å². The molecule has 1 aromatic carbocycles. The van der Waals surface area contributed by atoms with Gasteiger partial charge in [0.1, 0.15) is 0 Å². The van der Waals surface area contributed by atoms with Crippen molar-refractivity contribution in [3.8, 4) is 11.6 Å². The molecule has 0 aliphatic rings. The van der Waals surface area contributed by atoms with Crippen molar-refractivity contribution >= 4 is 15.9 Å². The van der Waals surface area contributed by atoms with Crippen molar-refractivity contribution in [1.82, 2.24) is 9.78 Å². The monoisotopic (exact) mass is 311 g/mol. The first-order valence-corrected chi connectivity index (χ1v) is 6.41. The van der Waals surface area contributed by atoms with Gasteiger partial charge >= 0.3 is 0 Å². The summed E-state index contributed by atoms with van der Waals surface area (Å²) in [4.78, 5) is 11.7. The standard InChI is InChI=1S/C12H14BrN3O2/c13-8-3-1-4-9(7-8)16-12(18)10(5-2-6-14)11(17)15-16/h1,3-4,7,18H,2,5-6,14H2,(H,15,17). The third-order valence-corrected chi connectivity index (χ3v) is 3.16. The molecule has 1 heterocycles. The largest absolute Gasteiger partial charge is 0.493 e. The van der Waals surface area contributed by atoms with Gasteiger partial charge < -0.3 is 10.8 Å². The quantitative estimate of drug-likeness (QED) is 0.800. The third kappa shape index (κ3) is 2.49. The summed E-state index contributed by atoms with van der Waals surface area (Å²) in [6.07, 6.45) is 1.14. The number of aromatic hydroxyl groups is 1. The number of aromatic nitrogens is 2. The molecule has 2 rings (SSSR count). The lowest BCUT2D eigenvalue weighted by Gasteiger charge is -2.05. The number of nitrogens with two attached hydrogens (primary N) is 1. The van der Waals surface area contributed by atoms with Crippen LogP contribution in [0.4, 0.5) is 0 Å². The van der Waals surface area contributed by atoms with E-state index in [1.165, 1.54) is 4.68 Å². The van der Waals surface area contributed by atoms with Gasteiger partial charge in [-0.15, -0.1) is 0 Å². The third-order valence-electron chi connectivity index (χ3n) is 2.67. The van der Waals surface area contributed by atoms with E-state index in [0.29, 0.717) is 30.6 Å². The van der Waals surface area contributed by atoms with Crippen LogP contribution in [0.2, 0.25) is 0 Å². The molecule has 0 unspecified atom stereocenters. The fourth-order valence-electron chi connectivity index (χ4n) is 1.76. The van der Waals surface area contributed by atoms with E-state index in [-0.39, 0.29) is 11.4 Å². The van der Waals surface area contributed by atoms with Crippen LogP contribution in [0.15, 0.2) is 33.5 Å². The molecule has 0 saturated heterocycles. The second-order valence-corrected chi connectivity index (χ2v) is 4.87. The van der Waals surface area contributed by atoms with Gasteiger partial charge in [0.2, 0.25) is 5.88 Å². The summed E-state index contributed by atoms with van der Waals surface area (Å²) in [6.45, 7) is 0.487. The van der Waals surface area contributed by atoms with Crippen LogP contribution in [0.25, 0.3) is 5.69 Å². The van der Waals surface area contributed by atoms with Crippen LogP contribution in [-0.4, -0.2) is 21.4 Å². The number of nitrogens with one attached hydrogen (secondary N) is 1. The number of hydrogen-bond acceptors (Lipinski definition) is 3. The Hall–Kier alpha value is -1.53. The normalized spacial score (nSPS) is 10.8. The number of aromatic amines is 1. The van der Waals surface area contributed by atoms with Gasteiger partial charge in [0.15, 0.2) is 0 Å². The molecule has 0 bridgehead atoms. The number of hydrogen-bond donors (Lipinski definition) is 3. The van der Waals surface area contributed by atoms with E-state index in [1.807, 2.05) is 18.2 Å². The van der Waals surface area contributed by atoms with E-state index < -0.39 is 0 Å². The van der Waals surface area contributed by atoms with Gasteiger partial charge in [-0.25, -0.2) is 4.68 Å². The molecule has 0 saturated carbocycles. The maximum atomic E-state index is 11.7. The molecule has 6 heteroatoms. The van der Waals surface area contributed by atoms with Gasteiger partial charge in [-0.05, 0) is 37.6 Å². The molecule has 0 aliphatic carbocycles. The van der Waals surface area contributed by atoms with Crippen molar-refractivity contribution in [2.24, 2.45) is 5.73 Å². The fraction of sp³-hybridized carbons (Fsp3) is 0.250. The summed E-state index contributed by atoms with van der Waals surface area (Å²) >= 11 is 3.35. The number of H-pyrrole nitrogens is 1. The summed E-state index contributed by atoms with van der Waals surface area (Å²) in [6, 6.07) is 7.31. The zero-order valence-corrected chi connectivity index (χ0v) is 11.3. The zero-order chi connectivity index (χ0) is 13.1. The molecule has 0 spiro atoms. The molecule has 5 nitrogen and oxygen atoms in total. The minimum absolute atomic E-state index is 0.0495. The fourth-order valence-corrected chi connectivity index (χ4v) is 2.15. The Balaban J connectivity index is 2.44. The van der Waals surface area contributed by atoms with Crippen LogP contribution in [0.1, 0.15) is 12.0 Å². The maximum absolute atomic E-state index is 11.7. The molecule has 4 N–H and O–H groups in total. The smallest absolute Gasteiger partial charge is 0.271 e. The van der Waals surface area contributed by atoms with Crippen LogP contribution >= 0.6 is 15.9 Å². The Kier molecular flexibility index (Phi) is 3.88. The highest BCUT2D eigenvalue weighted by atomic mass is 79.9. The van der Waals surface area contributed by atoms with Gasteiger partial charge in [0, 0.05) is 4.47 Å². The Bertz CT molecular complexity index is 604. The molecular weight excluding hydrogens is 298 g/mol. The summed E-state index contributed by atoms with van der Waals surface area (Å²) in [5.74, 6) is -0.0495. The molecule has 0 amide bonds. The minimum Gasteiger partial charge on any atom is -0.493 e. The van der Waals surface area contributed by atoms with Gasteiger partial charge in [0.25, 0.3) is 5.56 Å². The van der Waals surface area contributed by atoms with Crippen LogP contribution in [0.3, 0.4) is 0 Å². The lowest BCUT2D eigenvalue weighted by Crippen LogP contribution is -2.09. The number of nitrogens with zero attached hydrogens (tertiary/aromatic N) is 1. The second kappa shape index (κ2) is 5.41. The highest BCUT2D eigenvalue weighted by Crippen LogP contribution is 2.21. The van der Waals surface area contributed by atoms with E-state index in [2.05, 4.69) is 21.0 Å². The number of benzene rings is 1.